The molecule has 0 radical (unpaired) electrons. The predicted octanol–water partition coefficient (Wildman–Crippen LogP) is 3.75. The molecule has 0 saturated heterocycles. The van der Waals surface area contributed by atoms with Crippen LogP contribution in [0.2, 0.25) is 5.02 Å². The number of likely N-dealkylation sites (N-methyl/N-ethyl adjacent to an activating group) is 1. The molecule has 1 aromatic heterocycles. The number of halogens is 2. The second-order valence-corrected chi connectivity index (χ2v) is 5.39. The van der Waals surface area contributed by atoms with Crippen molar-refractivity contribution in [2.75, 3.05) is 7.05 Å². The van der Waals surface area contributed by atoms with Gasteiger partial charge in [0.15, 0.2) is 0 Å². The summed E-state index contributed by atoms with van der Waals surface area (Å²) in [5.41, 5.74) is 3.88. The number of hydrogen-bond acceptors (Lipinski definition) is 3. The number of hydrogen-bond donors (Lipinski definition) is 1. The molecule has 96 valence electrons. The molecule has 1 unspecified atom stereocenters. The Morgan fingerprint density at radius 2 is 2.28 bits per heavy atom. The lowest BCUT2D eigenvalue weighted by atomic mass is 10.0. The number of aromatic nitrogens is 1. The van der Waals surface area contributed by atoms with Crippen molar-refractivity contribution in [1.82, 2.24) is 10.3 Å². The number of thiazole rings is 1. The summed E-state index contributed by atoms with van der Waals surface area (Å²) in [4.78, 5) is 5.46. The quantitative estimate of drug-likeness (QED) is 0.925. The van der Waals surface area contributed by atoms with Crippen LogP contribution in [0, 0.1) is 12.7 Å². The molecule has 0 amide bonds. The molecule has 1 N–H and O–H groups in total. The van der Waals surface area contributed by atoms with E-state index in [0.29, 0.717) is 0 Å². The van der Waals surface area contributed by atoms with Crippen LogP contribution in [0.3, 0.4) is 0 Å². The first-order valence-corrected chi connectivity index (χ1v) is 6.88. The summed E-state index contributed by atoms with van der Waals surface area (Å²) in [6.07, 6.45) is 0.763. The van der Waals surface area contributed by atoms with E-state index in [4.69, 9.17) is 11.6 Å². The van der Waals surface area contributed by atoms with Crippen molar-refractivity contribution in [3.05, 3.63) is 50.7 Å². The van der Waals surface area contributed by atoms with Gasteiger partial charge in [0.05, 0.1) is 16.2 Å². The third kappa shape index (κ3) is 2.88. The molecule has 18 heavy (non-hydrogen) atoms. The van der Waals surface area contributed by atoms with Crippen molar-refractivity contribution in [3.8, 4) is 0 Å². The Kier molecular flexibility index (Phi) is 4.32. The Balaban J connectivity index is 2.20. The van der Waals surface area contributed by atoms with E-state index in [1.165, 1.54) is 10.9 Å². The van der Waals surface area contributed by atoms with Gasteiger partial charge in [-0.05, 0) is 38.1 Å². The van der Waals surface area contributed by atoms with E-state index in [0.717, 1.165) is 17.7 Å². The average Bonchev–Trinajstić information content (AvgIpc) is 2.77. The van der Waals surface area contributed by atoms with E-state index in [1.807, 2.05) is 19.5 Å². The van der Waals surface area contributed by atoms with Crippen LogP contribution >= 0.6 is 22.9 Å². The lowest BCUT2D eigenvalue weighted by molar-refractivity contribution is 0.594. The molecule has 0 saturated carbocycles. The molecule has 0 aliphatic carbocycles. The maximum absolute atomic E-state index is 13.1. The summed E-state index contributed by atoms with van der Waals surface area (Å²) < 4.78 is 13.1. The fourth-order valence-corrected chi connectivity index (χ4v) is 2.99. The maximum Gasteiger partial charge on any atom is 0.141 e. The number of benzene rings is 1. The monoisotopic (exact) mass is 284 g/mol. The van der Waals surface area contributed by atoms with Gasteiger partial charge in [-0.15, -0.1) is 11.3 Å². The van der Waals surface area contributed by atoms with Crippen LogP contribution in [0.5, 0.6) is 0 Å². The van der Waals surface area contributed by atoms with Gasteiger partial charge < -0.3 is 5.32 Å². The molecule has 0 aliphatic heterocycles. The summed E-state index contributed by atoms with van der Waals surface area (Å²) in [7, 11) is 1.91. The molecule has 1 aromatic carbocycles. The van der Waals surface area contributed by atoms with Gasteiger partial charge in [-0.25, -0.2) is 9.37 Å². The van der Waals surface area contributed by atoms with Crippen LogP contribution in [0.4, 0.5) is 4.39 Å². The molecule has 0 aliphatic rings. The molecular weight excluding hydrogens is 271 g/mol. The Morgan fingerprint density at radius 3 is 2.83 bits per heavy atom. The Morgan fingerprint density at radius 1 is 1.50 bits per heavy atom. The molecule has 0 spiro atoms. The lowest BCUT2D eigenvalue weighted by Crippen LogP contribution is -2.18. The molecule has 1 heterocycles. The highest BCUT2D eigenvalue weighted by Gasteiger charge is 2.15. The molecule has 1 atom stereocenters. The molecule has 2 rings (SSSR count). The number of nitrogens with zero attached hydrogens (tertiary/aromatic N) is 1. The first-order valence-electron chi connectivity index (χ1n) is 5.63. The Bertz CT molecular complexity index is 542. The van der Waals surface area contributed by atoms with Crippen molar-refractivity contribution in [2.45, 2.75) is 19.4 Å². The minimum absolute atomic E-state index is 0.170. The van der Waals surface area contributed by atoms with Gasteiger partial charge in [-0.2, -0.15) is 0 Å². The van der Waals surface area contributed by atoms with Crippen LogP contribution in [0.1, 0.15) is 22.2 Å². The summed E-state index contributed by atoms with van der Waals surface area (Å²) in [5.74, 6) is -0.379. The van der Waals surface area contributed by atoms with E-state index in [-0.39, 0.29) is 16.9 Å². The number of rotatable bonds is 4. The van der Waals surface area contributed by atoms with Crippen molar-refractivity contribution >= 4 is 22.9 Å². The molecule has 2 nitrogen and oxygen atoms in total. The number of aryl methyl sites for hydroxylation is 1. The van der Waals surface area contributed by atoms with Crippen LogP contribution in [-0.4, -0.2) is 12.0 Å². The van der Waals surface area contributed by atoms with Crippen LogP contribution in [0.25, 0.3) is 0 Å². The lowest BCUT2D eigenvalue weighted by Gasteiger charge is -2.15. The zero-order valence-corrected chi connectivity index (χ0v) is 11.8. The third-order valence-electron chi connectivity index (χ3n) is 2.87. The van der Waals surface area contributed by atoms with E-state index in [9.17, 15) is 4.39 Å². The second kappa shape index (κ2) is 5.78. The van der Waals surface area contributed by atoms with Crippen molar-refractivity contribution < 1.29 is 4.39 Å². The third-order valence-corrected chi connectivity index (χ3v) is 4.21. The zero-order chi connectivity index (χ0) is 13.1. The SMILES string of the molecule is CNC(Cc1ccc(F)c(Cl)c1)c1scnc1C. The van der Waals surface area contributed by atoms with Crippen molar-refractivity contribution in [1.29, 1.82) is 0 Å². The highest BCUT2D eigenvalue weighted by atomic mass is 35.5. The minimum Gasteiger partial charge on any atom is -0.312 e. The highest BCUT2D eigenvalue weighted by molar-refractivity contribution is 7.09. The normalized spacial score (nSPS) is 12.7. The maximum atomic E-state index is 13.1. The van der Waals surface area contributed by atoms with Crippen LogP contribution < -0.4 is 5.32 Å². The fraction of sp³-hybridized carbons (Fsp3) is 0.308. The van der Waals surface area contributed by atoms with Gasteiger partial charge in [-0.1, -0.05) is 17.7 Å². The number of nitrogens with one attached hydrogen (secondary N) is 1. The van der Waals surface area contributed by atoms with Crippen molar-refractivity contribution in [2.24, 2.45) is 0 Å². The molecule has 5 heteroatoms. The predicted molar refractivity (Wildman–Crippen MR) is 73.8 cm³/mol. The van der Waals surface area contributed by atoms with Gasteiger partial charge in [0.1, 0.15) is 5.82 Å². The second-order valence-electron chi connectivity index (χ2n) is 4.10. The van der Waals surface area contributed by atoms with Gasteiger partial charge in [0.2, 0.25) is 0 Å². The van der Waals surface area contributed by atoms with E-state index in [2.05, 4.69) is 10.3 Å². The smallest absolute Gasteiger partial charge is 0.141 e. The largest absolute Gasteiger partial charge is 0.312 e. The average molecular weight is 285 g/mol. The molecule has 2 aromatic rings. The van der Waals surface area contributed by atoms with Gasteiger partial charge in [0.25, 0.3) is 0 Å². The van der Waals surface area contributed by atoms with Gasteiger partial charge in [-0.3, -0.25) is 0 Å². The summed E-state index contributed by atoms with van der Waals surface area (Å²) in [6.45, 7) is 1.99. The highest BCUT2D eigenvalue weighted by Crippen LogP contribution is 2.26. The fourth-order valence-electron chi connectivity index (χ4n) is 1.87. The zero-order valence-electron chi connectivity index (χ0n) is 10.2. The molecule has 0 bridgehead atoms. The summed E-state index contributed by atoms with van der Waals surface area (Å²) in [6, 6.07) is 5.03. The standard InChI is InChI=1S/C13H14ClFN2S/c1-8-13(18-7-17-8)12(16-2)6-9-3-4-11(15)10(14)5-9/h3-5,7,12,16H,6H2,1-2H3. The summed E-state index contributed by atoms with van der Waals surface area (Å²) in [5, 5.41) is 3.43. The first kappa shape index (κ1) is 13.5. The van der Waals surface area contributed by atoms with Gasteiger partial charge >= 0.3 is 0 Å². The topological polar surface area (TPSA) is 24.9 Å². The van der Waals surface area contributed by atoms with Crippen LogP contribution in [-0.2, 0) is 6.42 Å². The van der Waals surface area contributed by atoms with E-state index in [1.54, 1.807) is 23.5 Å². The Hall–Kier alpha value is -0.970. The van der Waals surface area contributed by atoms with E-state index < -0.39 is 0 Å². The first-order chi connectivity index (χ1) is 8.61. The van der Waals surface area contributed by atoms with E-state index >= 15 is 0 Å². The summed E-state index contributed by atoms with van der Waals surface area (Å²) >= 11 is 7.42. The minimum atomic E-state index is -0.379. The molecular formula is C13H14ClFN2S. The molecule has 0 fully saturated rings. The Labute approximate surface area is 115 Å². The van der Waals surface area contributed by atoms with Gasteiger partial charge in [0, 0.05) is 10.9 Å². The van der Waals surface area contributed by atoms with Crippen molar-refractivity contribution in [3.63, 3.8) is 0 Å². The van der Waals surface area contributed by atoms with Crippen LogP contribution in [0.15, 0.2) is 23.7 Å².